The Bertz CT molecular complexity index is 1950. The lowest BCUT2D eigenvalue weighted by molar-refractivity contribution is -0.113. The van der Waals surface area contributed by atoms with E-state index in [2.05, 4.69) is 75.3 Å². The molecule has 0 unspecified atom stereocenters. The number of aliphatic hydroxyl groups is 1. The van der Waals surface area contributed by atoms with Crippen LogP contribution in [0, 0.1) is 5.41 Å². The van der Waals surface area contributed by atoms with E-state index in [1.807, 2.05) is 24.3 Å². The number of Topliss-reactive ketones (excluding diaryl/α,β-unsaturated/α-hetero) is 1. The van der Waals surface area contributed by atoms with Gasteiger partial charge in [0.2, 0.25) is 11.1 Å². The zero-order chi connectivity index (χ0) is 33.8. The lowest BCUT2D eigenvalue weighted by Gasteiger charge is -2.32. The van der Waals surface area contributed by atoms with Gasteiger partial charge in [-0.05, 0) is 53.6 Å². The molecule has 4 aliphatic heterocycles. The molecule has 2 saturated heterocycles. The van der Waals surface area contributed by atoms with E-state index in [1.54, 1.807) is 12.2 Å². The molecule has 1 N–H and O–H groups in total. The first-order valence-corrected chi connectivity index (χ1v) is 16.9. The summed E-state index contributed by atoms with van der Waals surface area (Å²) < 4.78 is 26.3. The number of fused-ring (bicyclic) bond motifs is 2. The van der Waals surface area contributed by atoms with Crippen molar-refractivity contribution in [3.05, 3.63) is 99.5 Å². The van der Waals surface area contributed by atoms with Crippen LogP contribution >= 0.6 is 0 Å². The van der Waals surface area contributed by atoms with E-state index in [0.717, 1.165) is 82.5 Å². The highest BCUT2D eigenvalue weighted by molar-refractivity contribution is 6.24. The van der Waals surface area contributed by atoms with E-state index >= 15 is 0 Å². The lowest BCUT2D eigenvalue weighted by atomic mass is 9.82. The van der Waals surface area contributed by atoms with Gasteiger partial charge in [-0.3, -0.25) is 4.79 Å². The number of carbonyl (C=O) groups excluding carboxylic acids is 1. The fraction of sp³-hybridized carbons (Fsp3) is 0.400. The summed E-state index contributed by atoms with van der Waals surface area (Å²) in [4.78, 5) is 16.0. The van der Waals surface area contributed by atoms with Gasteiger partial charge in [-0.25, -0.2) is 4.58 Å². The Balaban J connectivity index is 1.29. The molecule has 2 fully saturated rings. The highest BCUT2D eigenvalue weighted by Crippen LogP contribution is 2.44. The normalized spacial score (nSPS) is 20.6. The van der Waals surface area contributed by atoms with Gasteiger partial charge in [0, 0.05) is 52.9 Å². The molecule has 1 aromatic rings. The van der Waals surface area contributed by atoms with Crippen molar-refractivity contribution in [2.24, 2.45) is 5.41 Å². The second-order valence-electron chi connectivity index (χ2n) is 15.0. The molecule has 0 amide bonds. The molecule has 0 spiro atoms. The monoisotopic (exact) mass is 649 g/mol. The number of morpholine rings is 2. The zero-order valence-electron chi connectivity index (χ0n) is 28.8. The van der Waals surface area contributed by atoms with Crippen LogP contribution in [-0.2, 0) is 19.7 Å². The number of benzene rings is 2. The molecule has 0 atom stereocenters. The van der Waals surface area contributed by atoms with Gasteiger partial charge in [-0.1, -0.05) is 41.5 Å². The van der Waals surface area contributed by atoms with Gasteiger partial charge in [0.25, 0.3) is 0 Å². The van der Waals surface area contributed by atoms with Gasteiger partial charge in [-0.15, -0.1) is 0 Å². The van der Waals surface area contributed by atoms with Crippen molar-refractivity contribution in [1.29, 1.82) is 0 Å². The third-order valence-corrected chi connectivity index (χ3v) is 9.40. The largest absolute Gasteiger partial charge is 0.506 e. The third kappa shape index (κ3) is 6.15. The minimum absolute atomic E-state index is 0.00706. The smallest absolute Gasteiger partial charge is 0.203 e. The van der Waals surface area contributed by atoms with Crippen molar-refractivity contribution in [1.82, 2.24) is 4.58 Å². The average molecular weight is 650 g/mol. The van der Waals surface area contributed by atoms with Gasteiger partial charge in [-0.2, -0.15) is 0 Å². The number of ether oxygens (including phenoxy) is 3. The van der Waals surface area contributed by atoms with Crippen molar-refractivity contribution in [2.45, 2.75) is 47.0 Å². The molecular weight excluding hydrogens is 604 g/mol. The molecule has 6 aliphatic rings. The Labute approximate surface area is 282 Å². The molecule has 1 aromatic carbocycles. The topological polar surface area (TPSA) is 84.4 Å². The van der Waals surface area contributed by atoms with Gasteiger partial charge in [0.1, 0.15) is 42.0 Å². The number of aliphatic hydroxyl groups excluding tert-OH is 1. The van der Waals surface area contributed by atoms with Crippen LogP contribution in [0.1, 0.15) is 58.4 Å². The van der Waals surface area contributed by atoms with E-state index in [-0.39, 0.29) is 22.4 Å². The standard InChI is InChI=1S/C40H44N2O6/c1-39(2,3)35-21-25(29-9-7-27(23-33(29)47-35)41-11-15-45-16-12-41)19-31-37(43)32(38(31)44)20-26-22-36(40(4,5)6)48-34-24-28(8-10-30(26)34)42-13-17-46-18-14-42/h7-10,19-24H,11-18H2,1-6H3/p+1. The maximum Gasteiger partial charge on any atom is 0.203 e. The summed E-state index contributed by atoms with van der Waals surface area (Å²) in [5.41, 5.74) is 4.57. The number of carbonyl (C=O) groups is 1. The van der Waals surface area contributed by atoms with Gasteiger partial charge in [0.15, 0.2) is 13.1 Å². The first kappa shape index (κ1) is 32.2. The SMILES string of the molecule is CC(C)(C)C1=CC(=CC2=C(O)C(=Cc3cc(C(C)(C)C)oc4cc(=[N+]5CCOCC5)ccc3-4)C2=O)c2ccc(N3CCOCC3)cc2O1. The molecule has 8 nitrogen and oxygen atoms in total. The van der Waals surface area contributed by atoms with E-state index in [9.17, 15) is 9.90 Å². The van der Waals surface area contributed by atoms with Crippen LogP contribution in [-0.4, -0.2) is 63.5 Å². The number of hydrogen-bond donors (Lipinski definition) is 1. The molecule has 0 aromatic heterocycles. The number of nitrogens with zero attached hydrogens (tertiary/aromatic N) is 2. The number of ketones is 1. The van der Waals surface area contributed by atoms with Crippen LogP contribution in [0.15, 0.2) is 81.7 Å². The van der Waals surface area contributed by atoms with Crippen molar-refractivity contribution in [3.63, 3.8) is 0 Å². The van der Waals surface area contributed by atoms with Crippen molar-refractivity contribution in [2.75, 3.05) is 57.5 Å². The Morgan fingerprint density at radius 1 is 0.833 bits per heavy atom. The lowest BCUT2D eigenvalue weighted by Crippen LogP contribution is -2.39. The summed E-state index contributed by atoms with van der Waals surface area (Å²) in [6.07, 6.45) is 5.58. The quantitative estimate of drug-likeness (QED) is 0.256. The number of rotatable bonds is 3. The van der Waals surface area contributed by atoms with Crippen LogP contribution in [0.25, 0.3) is 23.0 Å². The zero-order valence-corrected chi connectivity index (χ0v) is 28.8. The highest BCUT2D eigenvalue weighted by atomic mass is 16.5. The van der Waals surface area contributed by atoms with Crippen LogP contribution in [0.3, 0.4) is 0 Å². The molecule has 48 heavy (non-hydrogen) atoms. The van der Waals surface area contributed by atoms with Crippen LogP contribution in [0.2, 0.25) is 0 Å². The van der Waals surface area contributed by atoms with E-state index in [4.69, 9.17) is 18.6 Å². The van der Waals surface area contributed by atoms with Crippen LogP contribution < -0.4 is 19.6 Å². The van der Waals surface area contributed by atoms with Crippen molar-refractivity contribution >= 4 is 23.1 Å². The summed E-state index contributed by atoms with van der Waals surface area (Å²) >= 11 is 0. The summed E-state index contributed by atoms with van der Waals surface area (Å²) in [5, 5.41) is 12.4. The number of hydrogen-bond acceptors (Lipinski definition) is 7. The van der Waals surface area contributed by atoms with E-state index in [0.29, 0.717) is 37.6 Å². The van der Waals surface area contributed by atoms with Gasteiger partial charge >= 0.3 is 0 Å². The molecule has 7 rings (SSSR count). The average Bonchev–Trinajstić information content (AvgIpc) is 3.08. The Kier molecular flexibility index (Phi) is 8.20. The molecule has 8 heteroatoms. The van der Waals surface area contributed by atoms with Crippen LogP contribution in [0.5, 0.6) is 5.75 Å². The second kappa shape index (κ2) is 12.2. The summed E-state index contributed by atoms with van der Waals surface area (Å²) in [6.45, 7) is 18.7. The predicted octanol–water partition coefficient (Wildman–Crippen LogP) is 6.51. The Morgan fingerprint density at radius 2 is 1.54 bits per heavy atom. The second-order valence-corrected chi connectivity index (χ2v) is 15.0. The summed E-state index contributed by atoms with van der Waals surface area (Å²) in [6, 6.07) is 14.4. The Hall–Kier alpha value is -4.40. The van der Waals surface area contributed by atoms with E-state index in [1.165, 1.54) is 0 Å². The van der Waals surface area contributed by atoms with Crippen LogP contribution in [0.4, 0.5) is 5.69 Å². The van der Waals surface area contributed by atoms with Gasteiger partial charge < -0.3 is 28.6 Å². The minimum atomic E-state index is -0.261. The fourth-order valence-electron chi connectivity index (χ4n) is 6.44. The molecule has 0 radical (unpaired) electrons. The first-order chi connectivity index (χ1) is 22.9. The molecule has 0 saturated carbocycles. The molecule has 2 aliphatic carbocycles. The van der Waals surface area contributed by atoms with E-state index < -0.39 is 0 Å². The summed E-state index contributed by atoms with van der Waals surface area (Å²) in [5.74, 6) is 2.88. The fourth-order valence-corrected chi connectivity index (χ4v) is 6.44. The maximum atomic E-state index is 13.7. The number of allylic oxidation sites excluding steroid dienone is 6. The third-order valence-electron chi connectivity index (χ3n) is 9.40. The minimum Gasteiger partial charge on any atom is -0.506 e. The Morgan fingerprint density at radius 3 is 2.23 bits per heavy atom. The van der Waals surface area contributed by atoms with Gasteiger partial charge in [0.05, 0.1) is 30.4 Å². The molecular formula is C40H45N2O6+. The maximum absolute atomic E-state index is 13.7. The first-order valence-electron chi connectivity index (χ1n) is 16.9. The van der Waals surface area contributed by atoms with Crippen molar-refractivity contribution < 1.29 is 28.5 Å². The summed E-state index contributed by atoms with van der Waals surface area (Å²) in [7, 11) is 0. The highest BCUT2D eigenvalue weighted by Gasteiger charge is 2.35. The molecule has 0 bridgehead atoms. The molecule has 4 heterocycles. The number of anilines is 1. The van der Waals surface area contributed by atoms with Crippen molar-refractivity contribution in [3.8, 4) is 17.1 Å². The predicted molar refractivity (Wildman–Crippen MR) is 188 cm³/mol. The molecule has 250 valence electrons.